The fraction of sp³-hybridized carbons (Fsp3) is 0.452. The Hall–Kier alpha value is -3.57. The molecule has 10 heteroatoms. The molecule has 3 N–H and O–H groups in total. The number of hydrogen-bond donors (Lipinski definition) is 2. The Kier molecular flexibility index (Phi) is 11.9. The predicted molar refractivity (Wildman–Crippen MR) is 164 cm³/mol. The van der Waals surface area contributed by atoms with Crippen LogP contribution in [0.25, 0.3) is 16.7 Å². The SMILES string of the molecule is CCN(CC)c1ccc2cc(/C(N)=C/Nc3ccc(N4CCOCCOCCOCCOCC4)cc3)c(=O)oc2c1. The Morgan fingerprint density at radius 3 is 2.02 bits per heavy atom. The number of ether oxygens (including phenoxy) is 4. The second-order valence-electron chi connectivity index (χ2n) is 9.57. The van der Waals surface area contributed by atoms with Gasteiger partial charge in [0.2, 0.25) is 0 Å². The minimum atomic E-state index is -0.472. The summed E-state index contributed by atoms with van der Waals surface area (Å²) >= 11 is 0. The van der Waals surface area contributed by atoms with Crippen LogP contribution >= 0.6 is 0 Å². The van der Waals surface area contributed by atoms with Crippen molar-refractivity contribution in [3.8, 4) is 0 Å². The first-order chi connectivity index (χ1) is 20.1. The van der Waals surface area contributed by atoms with Gasteiger partial charge in [0.25, 0.3) is 0 Å². The highest BCUT2D eigenvalue weighted by Crippen LogP contribution is 2.23. The lowest BCUT2D eigenvalue weighted by atomic mass is 10.1. The quantitative estimate of drug-likeness (QED) is 0.409. The van der Waals surface area contributed by atoms with Crippen molar-refractivity contribution in [1.82, 2.24) is 0 Å². The summed E-state index contributed by atoms with van der Waals surface area (Å²) in [5.41, 5.74) is 9.88. The summed E-state index contributed by atoms with van der Waals surface area (Å²) in [6.07, 6.45) is 1.62. The molecule has 0 radical (unpaired) electrons. The van der Waals surface area contributed by atoms with Crippen LogP contribution in [0.4, 0.5) is 17.1 Å². The maximum atomic E-state index is 12.7. The van der Waals surface area contributed by atoms with Gasteiger partial charge in [-0.15, -0.1) is 0 Å². The van der Waals surface area contributed by atoms with Gasteiger partial charge >= 0.3 is 5.63 Å². The second kappa shape index (κ2) is 16.0. The standard InChI is InChI=1S/C31H42N4O6/c1-3-34(4-2)27-8-5-24-21-28(31(36)41-30(24)22-27)29(32)23-33-25-6-9-26(10-7-25)35-11-13-37-15-17-39-19-20-40-18-16-38-14-12-35/h5-10,21-23,33H,3-4,11-20,32H2,1-2H3/b29-23-. The van der Waals surface area contributed by atoms with Crippen molar-refractivity contribution in [3.05, 3.63) is 70.7 Å². The first kappa shape index (κ1) is 30.4. The number of nitrogens with two attached hydrogens (primary N) is 1. The van der Waals surface area contributed by atoms with Crippen LogP contribution in [0.2, 0.25) is 0 Å². The molecule has 0 bridgehead atoms. The molecule has 41 heavy (non-hydrogen) atoms. The summed E-state index contributed by atoms with van der Waals surface area (Å²) in [4.78, 5) is 17.2. The van der Waals surface area contributed by atoms with Gasteiger partial charge in [-0.3, -0.25) is 0 Å². The molecule has 1 saturated heterocycles. The lowest BCUT2D eigenvalue weighted by molar-refractivity contribution is 0.00206. The maximum absolute atomic E-state index is 12.7. The Labute approximate surface area is 241 Å². The molecule has 10 nitrogen and oxygen atoms in total. The van der Waals surface area contributed by atoms with E-state index in [1.54, 1.807) is 12.3 Å². The lowest BCUT2D eigenvalue weighted by Crippen LogP contribution is -2.31. The van der Waals surface area contributed by atoms with Crippen molar-refractivity contribution in [3.63, 3.8) is 0 Å². The highest BCUT2D eigenvalue weighted by molar-refractivity contribution is 5.83. The molecular weight excluding hydrogens is 524 g/mol. The van der Waals surface area contributed by atoms with Crippen LogP contribution in [0, 0.1) is 0 Å². The average molecular weight is 567 g/mol. The second-order valence-corrected chi connectivity index (χ2v) is 9.57. The molecule has 0 spiro atoms. The van der Waals surface area contributed by atoms with Crippen molar-refractivity contribution < 1.29 is 23.4 Å². The van der Waals surface area contributed by atoms with E-state index in [1.807, 2.05) is 42.5 Å². The van der Waals surface area contributed by atoms with E-state index in [9.17, 15) is 4.79 Å². The summed E-state index contributed by atoms with van der Waals surface area (Å²) in [5.74, 6) is 0. The number of benzene rings is 2. The number of nitrogens with one attached hydrogen (secondary N) is 1. The lowest BCUT2D eigenvalue weighted by Gasteiger charge is -2.25. The Morgan fingerprint density at radius 1 is 0.854 bits per heavy atom. The molecule has 222 valence electrons. The number of fused-ring (bicyclic) bond motifs is 1. The third kappa shape index (κ3) is 8.96. The minimum Gasteiger partial charge on any atom is -0.422 e. The zero-order valence-corrected chi connectivity index (χ0v) is 24.1. The van der Waals surface area contributed by atoms with Crippen molar-refractivity contribution >= 4 is 33.7 Å². The van der Waals surface area contributed by atoms with Crippen molar-refractivity contribution in [1.29, 1.82) is 0 Å². The summed E-state index contributed by atoms with van der Waals surface area (Å²) < 4.78 is 28.1. The van der Waals surface area contributed by atoms with Gasteiger partial charge in [0, 0.05) is 60.9 Å². The van der Waals surface area contributed by atoms with Crippen LogP contribution in [0.15, 0.2) is 63.9 Å². The Bertz CT molecular complexity index is 1290. The van der Waals surface area contributed by atoms with E-state index in [4.69, 9.17) is 29.1 Å². The van der Waals surface area contributed by atoms with E-state index in [0.717, 1.165) is 48.6 Å². The van der Waals surface area contributed by atoms with Crippen LogP contribution in [0.5, 0.6) is 0 Å². The number of hydrogen-bond acceptors (Lipinski definition) is 10. The predicted octanol–water partition coefficient (Wildman–Crippen LogP) is 3.89. The topological polar surface area (TPSA) is 112 Å². The fourth-order valence-electron chi connectivity index (χ4n) is 4.58. The highest BCUT2D eigenvalue weighted by Gasteiger charge is 2.11. The third-order valence-corrected chi connectivity index (χ3v) is 6.91. The van der Waals surface area contributed by atoms with Gasteiger partial charge in [-0.2, -0.15) is 0 Å². The molecule has 1 aromatic heterocycles. The molecule has 0 saturated carbocycles. The smallest absolute Gasteiger partial charge is 0.345 e. The van der Waals surface area contributed by atoms with Gasteiger partial charge in [-0.1, -0.05) is 0 Å². The van der Waals surface area contributed by atoms with E-state index in [1.165, 1.54) is 0 Å². The molecule has 2 heterocycles. The van der Waals surface area contributed by atoms with E-state index in [2.05, 4.69) is 29.0 Å². The maximum Gasteiger partial charge on any atom is 0.345 e. The molecule has 1 fully saturated rings. The van der Waals surface area contributed by atoms with Crippen LogP contribution < -0.4 is 26.5 Å². The van der Waals surface area contributed by atoms with Gasteiger partial charge < -0.3 is 44.2 Å². The first-order valence-corrected chi connectivity index (χ1v) is 14.3. The van der Waals surface area contributed by atoms with E-state index >= 15 is 0 Å². The summed E-state index contributed by atoms with van der Waals surface area (Å²) in [7, 11) is 0. The summed E-state index contributed by atoms with van der Waals surface area (Å²) in [6, 6.07) is 15.7. The molecular formula is C31H42N4O6. The fourth-order valence-corrected chi connectivity index (χ4v) is 4.58. The van der Waals surface area contributed by atoms with Gasteiger partial charge in [0.15, 0.2) is 0 Å². The molecule has 0 amide bonds. The molecule has 1 aliphatic rings. The third-order valence-electron chi connectivity index (χ3n) is 6.91. The van der Waals surface area contributed by atoms with Crippen molar-refractivity contribution in [2.75, 3.05) is 94.2 Å². The normalized spacial score (nSPS) is 16.6. The number of anilines is 3. The van der Waals surface area contributed by atoms with E-state index in [-0.39, 0.29) is 0 Å². The summed E-state index contributed by atoms with van der Waals surface area (Å²) in [5, 5.41) is 4.01. The van der Waals surface area contributed by atoms with Gasteiger partial charge in [-0.05, 0) is 56.3 Å². The molecule has 2 aromatic carbocycles. The van der Waals surface area contributed by atoms with Crippen LogP contribution in [0.3, 0.4) is 0 Å². The molecule has 0 unspecified atom stereocenters. The molecule has 0 aliphatic carbocycles. The Balaban J connectivity index is 1.40. The number of nitrogens with zero attached hydrogens (tertiary/aromatic N) is 2. The number of rotatable bonds is 7. The molecule has 1 aliphatic heterocycles. The molecule has 4 rings (SSSR count). The van der Waals surface area contributed by atoms with Crippen molar-refractivity contribution in [2.24, 2.45) is 5.73 Å². The van der Waals surface area contributed by atoms with Crippen LogP contribution in [-0.2, 0) is 18.9 Å². The summed E-state index contributed by atoms with van der Waals surface area (Å²) in [6.45, 7) is 11.9. The molecule has 0 atom stereocenters. The van der Waals surface area contributed by atoms with Crippen LogP contribution in [-0.4, -0.2) is 79.0 Å². The zero-order valence-electron chi connectivity index (χ0n) is 24.1. The largest absolute Gasteiger partial charge is 0.422 e. The van der Waals surface area contributed by atoms with Crippen LogP contribution in [0.1, 0.15) is 19.4 Å². The van der Waals surface area contributed by atoms with E-state index < -0.39 is 5.63 Å². The van der Waals surface area contributed by atoms with E-state index in [0.29, 0.717) is 69.7 Å². The molecule has 3 aromatic rings. The minimum absolute atomic E-state index is 0.297. The van der Waals surface area contributed by atoms with Gasteiger partial charge in [-0.25, -0.2) is 4.79 Å². The zero-order chi connectivity index (χ0) is 28.9. The highest BCUT2D eigenvalue weighted by atomic mass is 16.6. The first-order valence-electron chi connectivity index (χ1n) is 14.3. The average Bonchev–Trinajstić information content (AvgIpc) is 3.00. The Morgan fingerprint density at radius 2 is 1.44 bits per heavy atom. The van der Waals surface area contributed by atoms with Gasteiger partial charge in [0.1, 0.15) is 5.58 Å². The van der Waals surface area contributed by atoms with Crippen molar-refractivity contribution in [2.45, 2.75) is 13.8 Å². The van der Waals surface area contributed by atoms with Gasteiger partial charge in [0.05, 0.1) is 64.1 Å². The monoisotopic (exact) mass is 566 g/mol.